The molecular weight excluding hydrogens is 354 g/mol. The Labute approximate surface area is 167 Å². The van der Waals surface area contributed by atoms with E-state index in [1.54, 1.807) is 33.2 Å². The Balaban J connectivity index is 2.03. The molecule has 1 heterocycles. The minimum atomic E-state index is -0.0136. The van der Waals surface area contributed by atoms with E-state index in [0.717, 1.165) is 35.7 Å². The molecule has 0 saturated carbocycles. The number of nitrogens with zero attached hydrogens (tertiary/aromatic N) is 3. The molecular formula is C22H31N3O3. The second kappa shape index (κ2) is 9.55. The fourth-order valence-electron chi connectivity index (χ4n) is 3.22. The number of carbonyl (C=O) groups excluding carboxylic acids is 2. The van der Waals surface area contributed by atoms with Gasteiger partial charge < -0.3 is 14.2 Å². The molecule has 0 spiro atoms. The van der Waals surface area contributed by atoms with Gasteiger partial charge >= 0.3 is 0 Å². The van der Waals surface area contributed by atoms with Crippen LogP contribution in [0.25, 0.3) is 0 Å². The molecule has 152 valence electrons. The third-order valence-corrected chi connectivity index (χ3v) is 4.97. The molecule has 0 fully saturated rings. The monoisotopic (exact) mass is 385 g/mol. The highest BCUT2D eigenvalue weighted by molar-refractivity contribution is 5.99. The third-order valence-electron chi connectivity index (χ3n) is 4.97. The highest BCUT2D eigenvalue weighted by Crippen LogP contribution is 2.18. The first kappa shape index (κ1) is 21.7. The van der Waals surface area contributed by atoms with Crippen molar-refractivity contribution in [2.24, 2.45) is 0 Å². The van der Waals surface area contributed by atoms with Gasteiger partial charge in [0, 0.05) is 37.6 Å². The molecule has 0 saturated heterocycles. The third kappa shape index (κ3) is 5.45. The summed E-state index contributed by atoms with van der Waals surface area (Å²) in [6.45, 7) is 5.28. The largest absolute Gasteiger partial charge is 0.497 e. The van der Waals surface area contributed by atoms with Crippen LogP contribution < -0.4 is 4.74 Å². The zero-order chi connectivity index (χ0) is 20.8. The van der Waals surface area contributed by atoms with E-state index in [1.807, 2.05) is 32.0 Å². The number of Topliss-reactive ketones (excluding diaryl/α,β-unsaturated/α-hetero) is 1. The highest BCUT2D eigenvalue weighted by atomic mass is 16.5. The second-order valence-electron chi connectivity index (χ2n) is 7.42. The van der Waals surface area contributed by atoms with Crippen molar-refractivity contribution < 1.29 is 14.3 Å². The van der Waals surface area contributed by atoms with E-state index >= 15 is 0 Å². The molecule has 1 aromatic heterocycles. The number of benzene rings is 1. The van der Waals surface area contributed by atoms with Gasteiger partial charge in [0.2, 0.25) is 5.91 Å². The number of aryl methyl sites for hydroxylation is 2. The van der Waals surface area contributed by atoms with E-state index in [2.05, 4.69) is 16.7 Å². The lowest BCUT2D eigenvalue weighted by molar-refractivity contribution is -0.129. The number of aromatic nitrogens is 1. The molecule has 0 unspecified atom stereocenters. The van der Waals surface area contributed by atoms with Crippen LogP contribution in [0.1, 0.15) is 27.3 Å². The van der Waals surface area contributed by atoms with Crippen LogP contribution in [0.4, 0.5) is 0 Å². The first-order valence-electron chi connectivity index (χ1n) is 9.44. The van der Waals surface area contributed by atoms with Crippen molar-refractivity contribution in [3.63, 3.8) is 0 Å². The van der Waals surface area contributed by atoms with Gasteiger partial charge in [-0.15, -0.1) is 0 Å². The van der Waals surface area contributed by atoms with Crippen LogP contribution in [0.3, 0.4) is 0 Å². The second-order valence-corrected chi connectivity index (χ2v) is 7.42. The maximum absolute atomic E-state index is 12.7. The topological polar surface area (TPSA) is 54.8 Å². The first-order valence-corrected chi connectivity index (χ1v) is 9.44. The summed E-state index contributed by atoms with van der Waals surface area (Å²) in [5.41, 5.74) is 4.00. The molecule has 2 aromatic rings. The van der Waals surface area contributed by atoms with Gasteiger partial charge in [-0.1, -0.05) is 12.1 Å². The van der Waals surface area contributed by atoms with Crippen LogP contribution in [-0.4, -0.2) is 67.4 Å². The van der Waals surface area contributed by atoms with Crippen molar-refractivity contribution in [3.8, 4) is 5.75 Å². The van der Waals surface area contributed by atoms with Crippen molar-refractivity contribution in [1.29, 1.82) is 0 Å². The zero-order valence-corrected chi connectivity index (χ0v) is 17.8. The molecule has 0 radical (unpaired) electrons. The number of ether oxygens (including phenoxy) is 1. The lowest BCUT2D eigenvalue weighted by Crippen LogP contribution is -2.37. The first-order chi connectivity index (χ1) is 13.2. The summed E-state index contributed by atoms with van der Waals surface area (Å²) in [6, 6.07) is 10.0. The normalized spacial score (nSPS) is 11.0. The van der Waals surface area contributed by atoms with Crippen molar-refractivity contribution in [2.75, 3.05) is 41.3 Å². The van der Waals surface area contributed by atoms with E-state index in [9.17, 15) is 9.59 Å². The molecule has 2 rings (SSSR count). The molecule has 0 aliphatic heterocycles. The van der Waals surface area contributed by atoms with Crippen LogP contribution in [0.5, 0.6) is 5.75 Å². The maximum Gasteiger partial charge on any atom is 0.236 e. The number of rotatable bonds is 9. The number of hydrogen-bond acceptors (Lipinski definition) is 4. The molecule has 1 aromatic carbocycles. The Morgan fingerprint density at radius 3 is 2.25 bits per heavy atom. The lowest BCUT2D eigenvalue weighted by Gasteiger charge is -2.18. The van der Waals surface area contributed by atoms with Gasteiger partial charge in [0.25, 0.3) is 0 Å². The van der Waals surface area contributed by atoms with E-state index in [4.69, 9.17) is 4.74 Å². The number of methoxy groups -OCH3 is 1. The summed E-state index contributed by atoms with van der Waals surface area (Å²) in [4.78, 5) is 27.9. The zero-order valence-electron chi connectivity index (χ0n) is 17.8. The van der Waals surface area contributed by atoms with Gasteiger partial charge in [-0.25, -0.2) is 0 Å². The highest BCUT2D eigenvalue weighted by Gasteiger charge is 2.18. The SMILES string of the molecule is COc1ccc(CCn2c(C)cc(C(=O)CN(C)CC(=O)N(C)C)c2C)cc1. The van der Waals surface area contributed by atoms with Crippen LogP contribution in [0.2, 0.25) is 0 Å². The summed E-state index contributed by atoms with van der Waals surface area (Å²) in [5.74, 6) is 0.875. The number of ketones is 1. The molecule has 0 aliphatic carbocycles. The predicted molar refractivity (Wildman–Crippen MR) is 111 cm³/mol. The number of hydrogen-bond donors (Lipinski definition) is 0. The Bertz CT molecular complexity index is 822. The Hall–Kier alpha value is -2.60. The molecule has 0 atom stereocenters. The minimum Gasteiger partial charge on any atom is -0.497 e. The summed E-state index contributed by atoms with van der Waals surface area (Å²) < 4.78 is 7.38. The molecule has 1 amide bonds. The minimum absolute atomic E-state index is 0.0136. The van der Waals surface area contributed by atoms with E-state index in [0.29, 0.717) is 0 Å². The van der Waals surface area contributed by atoms with Gasteiger partial charge in [-0.3, -0.25) is 14.5 Å². The Morgan fingerprint density at radius 1 is 1.04 bits per heavy atom. The summed E-state index contributed by atoms with van der Waals surface area (Å²) in [7, 11) is 6.89. The standard InChI is InChI=1S/C22H31N3O3/c1-16-13-20(21(26)14-24(5)15-22(27)23(3)4)17(2)25(16)12-11-18-7-9-19(28-6)10-8-18/h7-10,13H,11-12,14-15H2,1-6H3. The fraction of sp³-hybridized carbons (Fsp3) is 0.455. The molecule has 6 heteroatoms. The summed E-state index contributed by atoms with van der Waals surface area (Å²) in [6.07, 6.45) is 0.880. The number of amides is 1. The van der Waals surface area contributed by atoms with E-state index in [-0.39, 0.29) is 24.8 Å². The van der Waals surface area contributed by atoms with Gasteiger partial charge in [0.15, 0.2) is 5.78 Å². The van der Waals surface area contributed by atoms with Gasteiger partial charge in [-0.2, -0.15) is 0 Å². The molecule has 0 bridgehead atoms. The summed E-state index contributed by atoms with van der Waals surface area (Å²) >= 11 is 0. The van der Waals surface area contributed by atoms with Crippen LogP contribution in [0.15, 0.2) is 30.3 Å². The average molecular weight is 386 g/mol. The van der Waals surface area contributed by atoms with Gasteiger partial charge in [-0.05, 0) is 51.1 Å². The Morgan fingerprint density at radius 2 is 1.68 bits per heavy atom. The van der Waals surface area contributed by atoms with Gasteiger partial charge in [0.1, 0.15) is 5.75 Å². The number of carbonyl (C=O) groups is 2. The molecule has 6 nitrogen and oxygen atoms in total. The van der Waals surface area contributed by atoms with Crippen molar-refractivity contribution in [2.45, 2.75) is 26.8 Å². The smallest absolute Gasteiger partial charge is 0.236 e. The van der Waals surface area contributed by atoms with Crippen LogP contribution in [-0.2, 0) is 17.8 Å². The Kier molecular flexibility index (Phi) is 7.40. The van der Waals surface area contributed by atoms with Crippen molar-refractivity contribution in [1.82, 2.24) is 14.4 Å². The molecule has 0 aliphatic rings. The van der Waals surface area contributed by atoms with E-state index in [1.165, 1.54) is 10.5 Å². The maximum atomic E-state index is 12.7. The average Bonchev–Trinajstić information content (AvgIpc) is 2.94. The predicted octanol–water partition coefficient (Wildman–Crippen LogP) is 2.56. The van der Waals surface area contributed by atoms with E-state index < -0.39 is 0 Å². The summed E-state index contributed by atoms with van der Waals surface area (Å²) in [5, 5.41) is 0. The molecule has 28 heavy (non-hydrogen) atoms. The van der Waals surface area contributed by atoms with Crippen LogP contribution >= 0.6 is 0 Å². The number of likely N-dealkylation sites (N-methyl/N-ethyl adjacent to an activating group) is 2. The quantitative estimate of drug-likeness (QED) is 0.623. The van der Waals surface area contributed by atoms with Crippen molar-refractivity contribution >= 4 is 11.7 Å². The van der Waals surface area contributed by atoms with Crippen molar-refractivity contribution in [3.05, 3.63) is 52.8 Å². The molecule has 0 N–H and O–H groups in total. The van der Waals surface area contributed by atoms with Crippen LogP contribution in [0, 0.1) is 13.8 Å². The fourth-order valence-corrected chi connectivity index (χ4v) is 3.22. The van der Waals surface area contributed by atoms with Gasteiger partial charge in [0.05, 0.1) is 20.2 Å². The lowest BCUT2D eigenvalue weighted by atomic mass is 10.1.